The maximum atomic E-state index is 12.6. The molecule has 0 spiro atoms. The van der Waals surface area contributed by atoms with E-state index in [1.165, 1.54) is 23.8 Å². The fraction of sp³-hybridized carbons (Fsp3) is 0.389. The molecule has 1 saturated carbocycles. The molecule has 9 nitrogen and oxygen atoms in total. The van der Waals surface area contributed by atoms with E-state index in [9.17, 15) is 9.59 Å². The van der Waals surface area contributed by atoms with Gasteiger partial charge in [-0.25, -0.2) is 14.3 Å². The van der Waals surface area contributed by atoms with Gasteiger partial charge in [-0.2, -0.15) is 0 Å². The molecule has 1 atom stereocenters. The van der Waals surface area contributed by atoms with Crippen molar-refractivity contribution in [2.75, 3.05) is 19.9 Å². The summed E-state index contributed by atoms with van der Waals surface area (Å²) in [5.74, 6) is -0.108. The number of ether oxygens (including phenoxy) is 1. The van der Waals surface area contributed by atoms with Crippen LogP contribution >= 0.6 is 11.8 Å². The number of hydrogen-bond donors (Lipinski definition) is 1. The van der Waals surface area contributed by atoms with Crippen LogP contribution in [0.5, 0.6) is 0 Å². The summed E-state index contributed by atoms with van der Waals surface area (Å²) in [6.45, 7) is 0. The number of amides is 2. The molecule has 1 aromatic carbocycles. The van der Waals surface area contributed by atoms with Gasteiger partial charge in [0.1, 0.15) is 0 Å². The van der Waals surface area contributed by atoms with E-state index in [2.05, 4.69) is 20.8 Å². The summed E-state index contributed by atoms with van der Waals surface area (Å²) in [7, 11) is 2.98. The van der Waals surface area contributed by atoms with Crippen LogP contribution in [0.2, 0.25) is 0 Å². The first-order valence-corrected chi connectivity index (χ1v) is 9.90. The monoisotopic (exact) mass is 400 g/mol. The normalized spacial score (nSPS) is 19.6. The second-order valence-electron chi connectivity index (χ2n) is 6.63. The van der Waals surface area contributed by atoms with E-state index in [4.69, 9.17) is 4.74 Å². The zero-order valence-electron chi connectivity index (χ0n) is 15.5. The van der Waals surface area contributed by atoms with Gasteiger partial charge in [0.05, 0.1) is 24.8 Å². The second-order valence-corrected chi connectivity index (χ2v) is 7.57. The summed E-state index contributed by atoms with van der Waals surface area (Å²) >= 11 is 1.40. The molecule has 0 saturated heterocycles. The Morgan fingerprint density at radius 3 is 2.75 bits per heavy atom. The van der Waals surface area contributed by atoms with E-state index in [0.717, 1.165) is 18.4 Å². The van der Waals surface area contributed by atoms with Crippen molar-refractivity contribution < 1.29 is 14.3 Å². The molecule has 0 radical (unpaired) electrons. The number of thioether (sulfide) groups is 1. The van der Waals surface area contributed by atoms with Gasteiger partial charge >= 0.3 is 12.0 Å². The number of urea groups is 1. The van der Waals surface area contributed by atoms with Gasteiger partial charge in [0, 0.05) is 18.5 Å². The van der Waals surface area contributed by atoms with E-state index < -0.39 is 12.0 Å². The van der Waals surface area contributed by atoms with Crippen molar-refractivity contribution in [2.24, 2.45) is 0 Å². The molecule has 1 aliphatic heterocycles. The average molecular weight is 400 g/mol. The molecule has 2 aliphatic rings. The van der Waals surface area contributed by atoms with Crippen LogP contribution in [-0.2, 0) is 9.53 Å². The minimum Gasteiger partial charge on any atom is -0.466 e. The number of hydrogen-bond acceptors (Lipinski definition) is 7. The number of aromatic nitrogens is 4. The fourth-order valence-corrected chi connectivity index (χ4v) is 4.17. The molecule has 146 valence electrons. The van der Waals surface area contributed by atoms with Crippen molar-refractivity contribution >= 4 is 23.8 Å². The van der Waals surface area contributed by atoms with E-state index in [0.29, 0.717) is 28.2 Å². The van der Waals surface area contributed by atoms with Gasteiger partial charge in [-0.1, -0.05) is 42.1 Å². The van der Waals surface area contributed by atoms with Gasteiger partial charge in [0.25, 0.3) is 0 Å². The topological polar surface area (TPSA) is 102 Å². The SMILES string of the molecule is COC(=O)C1=C(CSc2nnnn2C2CC2)N(C)C(=O)NC1c1ccccc1. The highest BCUT2D eigenvalue weighted by Crippen LogP contribution is 2.38. The highest BCUT2D eigenvalue weighted by Gasteiger charge is 2.37. The van der Waals surface area contributed by atoms with Crippen LogP contribution in [0.1, 0.15) is 30.5 Å². The van der Waals surface area contributed by atoms with Crippen molar-refractivity contribution in [1.82, 2.24) is 30.4 Å². The Bertz CT molecular complexity index is 924. The molecule has 2 aromatic rings. The molecule has 1 N–H and O–H groups in total. The molecular formula is C18H20N6O3S. The highest BCUT2D eigenvalue weighted by molar-refractivity contribution is 7.99. The van der Waals surface area contributed by atoms with E-state index in [-0.39, 0.29) is 6.03 Å². The van der Waals surface area contributed by atoms with E-state index >= 15 is 0 Å². The lowest BCUT2D eigenvalue weighted by atomic mass is 9.95. The summed E-state index contributed by atoms with van der Waals surface area (Å²) in [4.78, 5) is 26.7. The van der Waals surface area contributed by atoms with Gasteiger partial charge in [0.2, 0.25) is 5.16 Å². The Morgan fingerprint density at radius 1 is 1.32 bits per heavy atom. The molecule has 10 heteroatoms. The first-order chi connectivity index (χ1) is 13.6. The van der Waals surface area contributed by atoms with Gasteiger partial charge in [-0.3, -0.25) is 4.90 Å². The molecule has 1 unspecified atom stereocenters. The van der Waals surface area contributed by atoms with Gasteiger partial charge in [-0.15, -0.1) is 5.10 Å². The Hall–Kier alpha value is -2.88. The fourth-order valence-electron chi connectivity index (χ4n) is 3.14. The lowest BCUT2D eigenvalue weighted by molar-refractivity contribution is -0.136. The van der Waals surface area contributed by atoms with Gasteiger partial charge in [-0.05, 0) is 28.8 Å². The molecule has 28 heavy (non-hydrogen) atoms. The van der Waals surface area contributed by atoms with Crippen molar-refractivity contribution in [3.8, 4) is 0 Å². The summed E-state index contributed by atoms with van der Waals surface area (Å²) in [5, 5.41) is 15.4. The third-order valence-electron chi connectivity index (χ3n) is 4.81. The first kappa shape index (κ1) is 18.5. The van der Waals surface area contributed by atoms with Crippen molar-refractivity contribution in [2.45, 2.75) is 30.1 Å². The number of nitrogens with one attached hydrogen (secondary N) is 1. The lowest BCUT2D eigenvalue weighted by Crippen LogP contribution is -2.47. The smallest absolute Gasteiger partial charge is 0.338 e. The number of tetrazole rings is 1. The van der Waals surface area contributed by atoms with Gasteiger partial charge < -0.3 is 10.1 Å². The predicted molar refractivity (Wildman–Crippen MR) is 101 cm³/mol. The number of esters is 1. The van der Waals surface area contributed by atoms with Crippen LogP contribution in [0.25, 0.3) is 0 Å². The number of benzene rings is 1. The molecule has 1 aromatic heterocycles. The molecule has 0 bridgehead atoms. The molecule has 4 rings (SSSR count). The Kier molecular flexibility index (Phi) is 5.03. The van der Waals surface area contributed by atoms with Crippen molar-refractivity contribution in [3.05, 3.63) is 47.2 Å². The van der Waals surface area contributed by atoms with Crippen LogP contribution in [0, 0.1) is 0 Å². The largest absolute Gasteiger partial charge is 0.466 e. The minimum absolute atomic E-state index is 0.279. The second kappa shape index (κ2) is 7.63. The van der Waals surface area contributed by atoms with Crippen LogP contribution in [0.3, 0.4) is 0 Å². The highest BCUT2D eigenvalue weighted by atomic mass is 32.2. The molecule has 1 fully saturated rings. The Morgan fingerprint density at radius 2 is 2.07 bits per heavy atom. The molecular weight excluding hydrogens is 380 g/mol. The molecule has 2 heterocycles. The summed E-state index contributed by atoms with van der Waals surface area (Å²) in [6.07, 6.45) is 2.13. The lowest BCUT2D eigenvalue weighted by Gasteiger charge is -2.34. The first-order valence-electron chi connectivity index (χ1n) is 8.91. The molecule has 1 aliphatic carbocycles. The van der Waals surface area contributed by atoms with Crippen LogP contribution in [0.15, 0.2) is 46.8 Å². The summed E-state index contributed by atoms with van der Waals surface area (Å²) in [6, 6.07) is 8.85. The number of methoxy groups -OCH3 is 1. The van der Waals surface area contributed by atoms with Gasteiger partial charge in [0.15, 0.2) is 0 Å². The minimum atomic E-state index is -0.577. The van der Waals surface area contributed by atoms with Crippen molar-refractivity contribution in [1.29, 1.82) is 0 Å². The summed E-state index contributed by atoms with van der Waals surface area (Å²) < 4.78 is 6.84. The number of nitrogens with zero attached hydrogens (tertiary/aromatic N) is 5. The third-order valence-corrected chi connectivity index (χ3v) is 5.75. The predicted octanol–water partition coefficient (Wildman–Crippen LogP) is 1.92. The van der Waals surface area contributed by atoms with Crippen LogP contribution in [-0.4, -0.2) is 57.0 Å². The summed E-state index contributed by atoms with van der Waals surface area (Å²) in [5.41, 5.74) is 1.81. The average Bonchev–Trinajstić information content (AvgIpc) is 3.46. The third kappa shape index (κ3) is 3.47. The van der Waals surface area contributed by atoms with Crippen LogP contribution < -0.4 is 5.32 Å². The van der Waals surface area contributed by atoms with Crippen molar-refractivity contribution in [3.63, 3.8) is 0 Å². The van der Waals surface area contributed by atoms with Crippen LogP contribution in [0.4, 0.5) is 4.79 Å². The quantitative estimate of drug-likeness (QED) is 0.584. The Balaban J connectivity index is 1.69. The number of rotatable bonds is 6. The zero-order valence-corrected chi connectivity index (χ0v) is 16.3. The Labute approximate surface area is 166 Å². The number of carbonyl (C=O) groups is 2. The maximum absolute atomic E-state index is 12.6. The van der Waals surface area contributed by atoms with E-state index in [1.807, 2.05) is 30.3 Å². The zero-order chi connectivity index (χ0) is 19.7. The van der Waals surface area contributed by atoms with E-state index in [1.54, 1.807) is 11.7 Å². The molecule has 2 amide bonds. The standard InChI is InChI=1S/C18H20N6O3S/c1-23-13(10-28-18-20-21-22-24(18)12-8-9-12)14(16(25)27-2)15(19-17(23)26)11-6-4-3-5-7-11/h3-7,12,15H,8-10H2,1-2H3,(H,19,26). The maximum Gasteiger partial charge on any atom is 0.338 e. The number of carbonyl (C=O) groups excluding carboxylic acids is 2.